The van der Waals surface area contributed by atoms with Crippen molar-refractivity contribution in [1.29, 1.82) is 0 Å². The molecule has 26 heavy (non-hydrogen) atoms. The van der Waals surface area contributed by atoms with Gasteiger partial charge in [0.1, 0.15) is 5.82 Å². The summed E-state index contributed by atoms with van der Waals surface area (Å²) in [6.07, 6.45) is 4.32. The van der Waals surface area contributed by atoms with Crippen LogP contribution in [-0.2, 0) is 11.2 Å². The van der Waals surface area contributed by atoms with E-state index >= 15 is 0 Å². The van der Waals surface area contributed by atoms with E-state index in [1.807, 2.05) is 36.4 Å². The molecule has 1 aromatic heterocycles. The fraction of sp³-hybridized carbons (Fsp3) is 0.333. The van der Waals surface area contributed by atoms with E-state index < -0.39 is 0 Å². The van der Waals surface area contributed by atoms with Crippen molar-refractivity contribution >= 4 is 32.9 Å². The summed E-state index contributed by atoms with van der Waals surface area (Å²) < 4.78 is 1.07. The highest BCUT2D eigenvalue weighted by Crippen LogP contribution is 2.33. The number of likely N-dealkylation sites (tertiary alicyclic amines) is 1. The van der Waals surface area contributed by atoms with Gasteiger partial charge in [-0.1, -0.05) is 40.2 Å². The minimum Gasteiger partial charge on any atom is -0.342 e. The molecule has 1 aliphatic heterocycles. The Morgan fingerprint density at radius 1 is 1.23 bits per heavy atom. The minimum absolute atomic E-state index is 0.214. The molecule has 1 amide bonds. The van der Waals surface area contributed by atoms with Crippen molar-refractivity contribution in [2.24, 2.45) is 0 Å². The predicted molar refractivity (Wildman–Crippen MR) is 107 cm³/mol. The van der Waals surface area contributed by atoms with Crippen LogP contribution in [0.5, 0.6) is 0 Å². The zero-order chi connectivity index (χ0) is 17.9. The number of amides is 1. The molecule has 0 radical (unpaired) electrons. The molecular formula is C21H22BrN3O. The predicted octanol–water partition coefficient (Wildman–Crippen LogP) is 5.01. The number of fused-ring (bicyclic) bond motifs is 1. The van der Waals surface area contributed by atoms with E-state index in [9.17, 15) is 4.79 Å². The van der Waals surface area contributed by atoms with E-state index in [1.54, 1.807) is 0 Å². The Morgan fingerprint density at radius 2 is 2.12 bits per heavy atom. The van der Waals surface area contributed by atoms with Crippen molar-refractivity contribution in [1.82, 2.24) is 14.9 Å². The van der Waals surface area contributed by atoms with E-state index in [0.29, 0.717) is 6.42 Å². The zero-order valence-corrected chi connectivity index (χ0v) is 16.2. The molecular weight excluding hydrogens is 390 g/mol. The maximum atomic E-state index is 12.8. The third-order valence-electron chi connectivity index (χ3n) is 5.05. The summed E-state index contributed by atoms with van der Waals surface area (Å²) in [4.78, 5) is 22.7. The Kier molecular flexibility index (Phi) is 5.07. The van der Waals surface area contributed by atoms with Gasteiger partial charge in [0, 0.05) is 23.9 Å². The van der Waals surface area contributed by atoms with Crippen LogP contribution in [0.2, 0.25) is 0 Å². The number of aromatic amines is 1. The van der Waals surface area contributed by atoms with E-state index in [0.717, 1.165) is 53.6 Å². The normalized spacial score (nSPS) is 17.1. The number of benzene rings is 2. The number of aromatic nitrogens is 2. The molecule has 0 unspecified atom stereocenters. The van der Waals surface area contributed by atoms with Crippen LogP contribution in [0.1, 0.15) is 43.1 Å². The number of hydrogen-bond donors (Lipinski definition) is 1. The van der Waals surface area contributed by atoms with Gasteiger partial charge in [-0.2, -0.15) is 0 Å². The molecule has 1 atom stereocenters. The van der Waals surface area contributed by atoms with Gasteiger partial charge in [-0.15, -0.1) is 0 Å². The van der Waals surface area contributed by atoms with Gasteiger partial charge in [0.2, 0.25) is 5.91 Å². The van der Waals surface area contributed by atoms with Gasteiger partial charge in [-0.25, -0.2) is 4.98 Å². The Hall–Kier alpha value is -2.14. The molecule has 0 saturated carbocycles. The molecule has 1 fully saturated rings. The smallest absolute Gasteiger partial charge is 0.223 e. The number of nitrogens with one attached hydrogen (secondary N) is 1. The fourth-order valence-electron chi connectivity index (χ4n) is 3.80. The monoisotopic (exact) mass is 411 g/mol. The summed E-state index contributed by atoms with van der Waals surface area (Å²) in [6.45, 7) is 0.862. The largest absolute Gasteiger partial charge is 0.342 e. The third-order valence-corrected chi connectivity index (χ3v) is 5.54. The number of carbonyl (C=O) groups excluding carboxylic acids is 1. The molecule has 1 aliphatic rings. The molecule has 5 heteroatoms. The van der Waals surface area contributed by atoms with E-state index in [2.05, 4.69) is 42.9 Å². The first-order valence-electron chi connectivity index (χ1n) is 9.19. The van der Waals surface area contributed by atoms with Crippen LogP contribution in [0.3, 0.4) is 0 Å². The van der Waals surface area contributed by atoms with Crippen LogP contribution in [0.4, 0.5) is 0 Å². The van der Waals surface area contributed by atoms with Crippen molar-refractivity contribution in [3.05, 3.63) is 64.4 Å². The molecule has 3 aromatic rings. The molecule has 0 bridgehead atoms. The molecule has 1 N–H and O–H groups in total. The number of aryl methyl sites for hydroxylation is 1. The van der Waals surface area contributed by atoms with Gasteiger partial charge in [-0.3, -0.25) is 4.79 Å². The van der Waals surface area contributed by atoms with Crippen LogP contribution in [-0.4, -0.2) is 27.3 Å². The lowest BCUT2D eigenvalue weighted by Gasteiger charge is -2.25. The fourth-order valence-corrected chi connectivity index (χ4v) is 4.22. The van der Waals surface area contributed by atoms with Crippen LogP contribution in [0, 0.1) is 0 Å². The average molecular weight is 412 g/mol. The first-order valence-corrected chi connectivity index (χ1v) is 9.98. The van der Waals surface area contributed by atoms with Gasteiger partial charge >= 0.3 is 0 Å². The van der Waals surface area contributed by atoms with Gasteiger partial charge in [0.15, 0.2) is 0 Å². The molecule has 2 heterocycles. The van der Waals surface area contributed by atoms with Crippen molar-refractivity contribution in [3.8, 4) is 0 Å². The third kappa shape index (κ3) is 3.68. The topological polar surface area (TPSA) is 49.0 Å². The number of H-pyrrole nitrogens is 1. The average Bonchev–Trinajstić information content (AvgIpc) is 3.28. The van der Waals surface area contributed by atoms with Crippen LogP contribution >= 0.6 is 15.9 Å². The number of rotatable bonds is 5. The van der Waals surface area contributed by atoms with Crippen molar-refractivity contribution in [2.75, 3.05) is 6.54 Å². The number of hydrogen-bond acceptors (Lipinski definition) is 2. The molecule has 0 spiro atoms. The van der Waals surface area contributed by atoms with Gasteiger partial charge in [0.05, 0.1) is 17.1 Å². The maximum absolute atomic E-state index is 12.8. The number of imidazole rings is 1. The van der Waals surface area contributed by atoms with Gasteiger partial charge < -0.3 is 9.88 Å². The summed E-state index contributed by atoms with van der Waals surface area (Å²) >= 11 is 3.53. The lowest BCUT2D eigenvalue weighted by molar-refractivity contribution is -0.132. The Morgan fingerprint density at radius 3 is 2.96 bits per heavy atom. The SMILES string of the molecule is O=C(CCCc1nc2ccccc2[nH]1)N1CCC[C@H]1c1cccc(Br)c1. The molecule has 4 rings (SSSR count). The zero-order valence-electron chi connectivity index (χ0n) is 14.6. The second-order valence-corrected chi connectivity index (χ2v) is 7.77. The number of halogens is 1. The molecule has 0 aliphatic carbocycles. The summed E-state index contributed by atoms with van der Waals surface area (Å²) in [5, 5.41) is 0. The molecule has 4 nitrogen and oxygen atoms in total. The van der Waals surface area contributed by atoms with E-state index in [4.69, 9.17) is 0 Å². The molecule has 2 aromatic carbocycles. The summed E-state index contributed by atoms with van der Waals surface area (Å²) in [7, 11) is 0. The lowest BCUT2D eigenvalue weighted by Crippen LogP contribution is -2.30. The Balaban J connectivity index is 1.36. The van der Waals surface area contributed by atoms with Crippen LogP contribution < -0.4 is 0 Å². The summed E-state index contributed by atoms with van der Waals surface area (Å²) in [5.41, 5.74) is 3.27. The number of carbonyl (C=O) groups is 1. The van der Waals surface area contributed by atoms with Gasteiger partial charge in [0.25, 0.3) is 0 Å². The first kappa shape index (κ1) is 17.3. The highest BCUT2D eigenvalue weighted by atomic mass is 79.9. The minimum atomic E-state index is 0.214. The van der Waals surface area contributed by atoms with Crippen molar-refractivity contribution in [2.45, 2.75) is 38.1 Å². The van der Waals surface area contributed by atoms with Crippen LogP contribution in [0.25, 0.3) is 11.0 Å². The standard InChI is InChI=1S/C21H22BrN3O/c22-16-7-3-6-15(14-16)19-10-5-13-25(19)21(26)12-4-11-20-23-17-8-1-2-9-18(17)24-20/h1-3,6-9,14,19H,4-5,10-13H2,(H,23,24)/t19-/m0/s1. The van der Waals surface area contributed by atoms with Crippen LogP contribution in [0.15, 0.2) is 53.0 Å². The maximum Gasteiger partial charge on any atom is 0.223 e. The first-order chi connectivity index (χ1) is 12.7. The van der Waals surface area contributed by atoms with Crippen molar-refractivity contribution < 1.29 is 4.79 Å². The lowest BCUT2D eigenvalue weighted by atomic mass is 10.0. The summed E-state index contributed by atoms with van der Waals surface area (Å²) in [6, 6.07) is 16.6. The second-order valence-electron chi connectivity index (χ2n) is 6.85. The van der Waals surface area contributed by atoms with E-state index in [1.165, 1.54) is 5.56 Å². The van der Waals surface area contributed by atoms with E-state index in [-0.39, 0.29) is 11.9 Å². The molecule has 134 valence electrons. The van der Waals surface area contributed by atoms with Gasteiger partial charge in [-0.05, 0) is 49.1 Å². The Bertz CT molecular complexity index is 887. The quantitative estimate of drug-likeness (QED) is 0.640. The van der Waals surface area contributed by atoms with Crippen molar-refractivity contribution in [3.63, 3.8) is 0 Å². The molecule has 1 saturated heterocycles. The number of nitrogens with zero attached hydrogens (tertiary/aromatic N) is 2. The second kappa shape index (κ2) is 7.62. The Labute approximate surface area is 161 Å². The summed E-state index contributed by atoms with van der Waals surface area (Å²) in [5.74, 6) is 1.22. The highest BCUT2D eigenvalue weighted by Gasteiger charge is 2.29. The number of para-hydroxylation sites is 2. The highest BCUT2D eigenvalue weighted by molar-refractivity contribution is 9.10.